The molecule has 1 aromatic rings. The second kappa shape index (κ2) is 2.30. The summed E-state index contributed by atoms with van der Waals surface area (Å²) in [5.41, 5.74) is 0. The van der Waals surface area contributed by atoms with E-state index in [1.165, 1.54) is 0 Å². The maximum absolute atomic E-state index is 9.32. The maximum Gasteiger partial charge on any atom is 0.133 e. The molecule has 0 amide bonds. The van der Waals surface area contributed by atoms with Gasteiger partial charge in [0.05, 0.1) is 12.6 Å². The highest BCUT2D eigenvalue weighted by atomic mass is 16.3. The molecule has 0 saturated heterocycles. The van der Waals surface area contributed by atoms with Crippen molar-refractivity contribution in [3.63, 3.8) is 0 Å². The highest BCUT2D eigenvalue weighted by molar-refractivity contribution is 4.98. The van der Waals surface area contributed by atoms with E-state index in [-0.39, 0.29) is 6.10 Å². The minimum absolute atomic E-state index is 0.211. The summed E-state index contributed by atoms with van der Waals surface area (Å²) in [6, 6.07) is 0. The number of rotatable bonds is 0. The lowest BCUT2D eigenvalue weighted by molar-refractivity contribution is 0.129. The first-order chi connectivity index (χ1) is 5.27. The van der Waals surface area contributed by atoms with Crippen molar-refractivity contribution < 1.29 is 5.11 Å². The molecule has 1 atom stereocenters. The smallest absolute Gasteiger partial charge is 0.133 e. The van der Waals surface area contributed by atoms with Gasteiger partial charge in [0.1, 0.15) is 11.6 Å². The van der Waals surface area contributed by atoms with E-state index < -0.39 is 0 Å². The van der Waals surface area contributed by atoms with Crippen molar-refractivity contribution in [2.24, 2.45) is 0 Å². The van der Waals surface area contributed by atoms with Gasteiger partial charge in [0.25, 0.3) is 0 Å². The maximum atomic E-state index is 9.32. The molecule has 1 aliphatic rings. The van der Waals surface area contributed by atoms with Gasteiger partial charge in [0, 0.05) is 6.42 Å². The first kappa shape index (κ1) is 6.79. The van der Waals surface area contributed by atoms with E-state index in [0.29, 0.717) is 6.54 Å². The van der Waals surface area contributed by atoms with Crippen LogP contribution in [-0.2, 0) is 13.0 Å². The lowest BCUT2D eigenvalue weighted by Gasteiger charge is -2.18. The lowest BCUT2D eigenvalue weighted by atomic mass is 10.1. The van der Waals surface area contributed by atoms with Crippen molar-refractivity contribution in [3.8, 4) is 0 Å². The van der Waals surface area contributed by atoms with Crippen LogP contribution in [0.2, 0.25) is 0 Å². The summed E-state index contributed by atoms with van der Waals surface area (Å²) in [4.78, 5) is 0. The van der Waals surface area contributed by atoms with E-state index in [1.807, 2.05) is 11.5 Å². The van der Waals surface area contributed by atoms with E-state index in [2.05, 4.69) is 10.2 Å². The molecule has 0 bridgehead atoms. The molecule has 11 heavy (non-hydrogen) atoms. The van der Waals surface area contributed by atoms with Crippen molar-refractivity contribution in [2.45, 2.75) is 32.4 Å². The van der Waals surface area contributed by atoms with Gasteiger partial charge in [-0.3, -0.25) is 0 Å². The van der Waals surface area contributed by atoms with Crippen LogP contribution in [-0.4, -0.2) is 26.0 Å². The van der Waals surface area contributed by atoms with Gasteiger partial charge in [-0.1, -0.05) is 0 Å². The summed E-state index contributed by atoms with van der Waals surface area (Å²) in [5, 5.41) is 17.2. The third kappa shape index (κ3) is 1.03. The van der Waals surface area contributed by atoms with Crippen LogP contribution in [0, 0.1) is 6.92 Å². The Kier molecular flexibility index (Phi) is 1.42. The normalized spacial score (nSPS) is 23.3. The van der Waals surface area contributed by atoms with Crippen molar-refractivity contribution in [1.29, 1.82) is 0 Å². The Morgan fingerprint density at radius 2 is 2.36 bits per heavy atom. The van der Waals surface area contributed by atoms with E-state index in [9.17, 15) is 5.11 Å². The molecule has 0 aromatic carbocycles. The summed E-state index contributed by atoms with van der Waals surface area (Å²) in [7, 11) is 0. The Hall–Kier alpha value is -0.900. The molecule has 1 unspecified atom stereocenters. The molecular weight excluding hydrogens is 142 g/mol. The van der Waals surface area contributed by atoms with E-state index in [1.54, 1.807) is 0 Å². The summed E-state index contributed by atoms with van der Waals surface area (Å²) in [5.74, 6) is 1.91. The Morgan fingerprint density at radius 1 is 1.55 bits per heavy atom. The SMILES string of the molecule is Cc1nnc2n1CC(O)CC2. The third-order valence-corrected chi connectivity index (χ3v) is 2.11. The first-order valence-electron chi connectivity index (χ1n) is 3.84. The van der Waals surface area contributed by atoms with Crippen LogP contribution in [0.5, 0.6) is 0 Å². The number of aryl methyl sites for hydroxylation is 2. The minimum Gasteiger partial charge on any atom is -0.391 e. The van der Waals surface area contributed by atoms with Crippen molar-refractivity contribution in [3.05, 3.63) is 11.6 Å². The van der Waals surface area contributed by atoms with Crippen LogP contribution in [0.1, 0.15) is 18.1 Å². The second-order valence-corrected chi connectivity index (χ2v) is 2.97. The van der Waals surface area contributed by atoms with Gasteiger partial charge >= 0.3 is 0 Å². The molecule has 1 N–H and O–H groups in total. The summed E-state index contributed by atoms with van der Waals surface area (Å²) >= 11 is 0. The molecule has 0 aliphatic carbocycles. The Bertz CT molecular complexity index is 269. The van der Waals surface area contributed by atoms with Crippen molar-refractivity contribution >= 4 is 0 Å². The standard InChI is InChI=1S/C7H11N3O/c1-5-8-9-7-3-2-6(11)4-10(5)7/h6,11H,2-4H2,1H3. The highest BCUT2D eigenvalue weighted by Gasteiger charge is 2.18. The van der Waals surface area contributed by atoms with Crippen molar-refractivity contribution in [2.75, 3.05) is 0 Å². The molecule has 60 valence electrons. The van der Waals surface area contributed by atoms with Gasteiger partial charge < -0.3 is 9.67 Å². The van der Waals surface area contributed by atoms with Crippen LogP contribution in [0.25, 0.3) is 0 Å². The largest absolute Gasteiger partial charge is 0.391 e. The Morgan fingerprint density at radius 3 is 3.18 bits per heavy atom. The number of hydrogen-bond acceptors (Lipinski definition) is 3. The fraction of sp³-hybridized carbons (Fsp3) is 0.714. The fourth-order valence-electron chi connectivity index (χ4n) is 1.45. The molecule has 4 nitrogen and oxygen atoms in total. The molecule has 0 saturated carbocycles. The number of aliphatic hydroxyl groups is 1. The van der Waals surface area contributed by atoms with Crippen LogP contribution in [0.15, 0.2) is 0 Å². The second-order valence-electron chi connectivity index (χ2n) is 2.97. The fourth-order valence-corrected chi connectivity index (χ4v) is 1.45. The van der Waals surface area contributed by atoms with Crippen LogP contribution < -0.4 is 0 Å². The molecule has 1 aliphatic heterocycles. The molecule has 2 heterocycles. The predicted octanol–water partition coefficient (Wildman–Crippen LogP) is -0.106. The number of nitrogens with zero attached hydrogens (tertiary/aromatic N) is 3. The van der Waals surface area contributed by atoms with Crippen LogP contribution in [0.3, 0.4) is 0 Å². The predicted molar refractivity (Wildman–Crippen MR) is 39.1 cm³/mol. The van der Waals surface area contributed by atoms with Gasteiger partial charge in [-0.15, -0.1) is 10.2 Å². The molecule has 1 aromatic heterocycles. The Balaban J connectivity index is 2.37. The lowest BCUT2D eigenvalue weighted by Crippen LogP contribution is -2.24. The molecular formula is C7H11N3O. The molecule has 4 heteroatoms. The topological polar surface area (TPSA) is 50.9 Å². The van der Waals surface area contributed by atoms with Gasteiger partial charge in [0.2, 0.25) is 0 Å². The Labute approximate surface area is 64.9 Å². The van der Waals surface area contributed by atoms with Gasteiger partial charge in [-0.2, -0.15) is 0 Å². The molecule has 0 fully saturated rings. The zero-order chi connectivity index (χ0) is 7.84. The van der Waals surface area contributed by atoms with E-state index in [4.69, 9.17) is 0 Å². The van der Waals surface area contributed by atoms with Gasteiger partial charge in [0.15, 0.2) is 0 Å². The number of hydrogen-bond donors (Lipinski definition) is 1. The quantitative estimate of drug-likeness (QED) is 0.566. The monoisotopic (exact) mass is 153 g/mol. The minimum atomic E-state index is -0.211. The van der Waals surface area contributed by atoms with Crippen LogP contribution >= 0.6 is 0 Å². The third-order valence-electron chi connectivity index (χ3n) is 2.11. The zero-order valence-corrected chi connectivity index (χ0v) is 6.49. The summed E-state index contributed by atoms with van der Waals surface area (Å²) in [6.07, 6.45) is 1.46. The van der Waals surface area contributed by atoms with Gasteiger partial charge in [-0.25, -0.2) is 0 Å². The van der Waals surface area contributed by atoms with Crippen LogP contribution in [0.4, 0.5) is 0 Å². The zero-order valence-electron chi connectivity index (χ0n) is 6.49. The molecule has 2 rings (SSSR count). The van der Waals surface area contributed by atoms with Crippen molar-refractivity contribution in [1.82, 2.24) is 14.8 Å². The number of fused-ring (bicyclic) bond motifs is 1. The van der Waals surface area contributed by atoms with E-state index in [0.717, 1.165) is 24.5 Å². The summed E-state index contributed by atoms with van der Waals surface area (Å²) in [6.45, 7) is 2.57. The molecule has 0 spiro atoms. The average Bonchev–Trinajstić information content (AvgIpc) is 2.33. The highest BCUT2D eigenvalue weighted by Crippen LogP contribution is 2.13. The summed E-state index contributed by atoms with van der Waals surface area (Å²) < 4.78 is 1.98. The average molecular weight is 153 g/mol. The van der Waals surface area contributed by atoms with Gasteiger partial charge in [-0.05, 0) is 13.3 Å². The first-order valence-corrected chi connectivity index (χ1v) is 3.84. The molecule has 0 radical (unpaired) electrons. The number of aliphatic hydroxyl groups excluding tert-OH is 1. The van der Waals surface area contributed by atoms with E-state index >= 15 is 0 Å². The number of aromatic nitrogens is 3.